The summed E-state index contributed by atoms with van der Waals surface area (Å²) in [6, 6.07) is 9.05. The van der Waals surface area contributed by atoms with Gasteiger partial charge in [0.15, 0.2) is 17.3 Å². The van der Waals surface area contributed by atoms with E-state index in [9.17, 15) is 4.79 Å². The Morgan fingerprint density at radius 2 is 1.80 bits per heavy atom. The molecule has 1 fully saturated rings. The summed E-state index contributed by atoms with van der Waals surface area (Å²) >= 11 is 0. The van der Waals surface area contributed by atoms with Crippen molar-refractivity contribution in [3.63, 3.8) is 0 Å². The Kier molecular flexibility index (Phi) is 9.82. The first-order valence-electron chi connectivity index (χ1n) is 15.9. The molecule has 0 aliphatic carbocycles. The number of H-pyrrole nitrogens is 1. The van der Waals surface area contributed by atoms with Crippen LogP contribution in [0.4, 0.5) is 15.9 Å². The Balaban J connectivity index is 1.41. The van der Waals surface area contributed by atoms with Crippen molar-refractivity contribution in [3.05, 3.63) is 48.2 Å². The van der Waals surface area contributed by atoms with E-state index >= 15 is 4.39 Å². The molecule has 9 nitrogen and oxygen atoms in total. The molecule has 2 aromatic heterocycles. The zero-order valence-corrected chi connectivity index (χ0v) is 27.4. The Hall–Kier alpha value is -3.92. The molecule has 0 bridgehead atoms. The van der Waals surface area contributed by atoms with Gasteiger partial charge in [0.25, 0.3) is 0 Å². The predicted molar refractivity (Wildman–Crippen MR) is 176 cm³/mol. The molecule has 0 spiro atoms. The number of nitrogens with one attached hydrogen (secondary N) is 2. The van der Waals surface area contributed by atoms with Gasteiger partial charge in [0.05, 0.1) is 36.4 Å². The van der Waals surface area contributed by atoms with E-state index in [0.717, 1.165) is 37.3 Å². The van der Waals surface area contributed by atoms with Crippen molar-refractivity contribution in [1.82, 2.24) is 19.9 Å². The summed E-state index contributed by atoms with van der Waals surface area (Å²) in [5.41, 5.74) is 1.55. The van der Waals surface area contributed by atoms with Gasteiger partial charge in [-0.25, -0.2) is 14.4 Å². The average molecular weight is 620 g/mol. The number of ether oxygens (including phenoxy) is 3. The third kappa shape index (κ3) is 7.84. The molecule has 0 amide bonds. The quantitative estimate of drug-likeness (QED) is 0.110. The maximum absolute atomic E-state index is 15.5. The second-order valence-corrected chi connectivity index (χ2v) is 13.5. The Labute approximate surface area is 264 Å². The number of aromatic nitrogens is 3. The van der Waals surface area contributed by atoms with E-state index < -0.39 is 5.41 Å². The number of fused-ring (bicyclic) bond motifs is 2. The second kappa shape index (κ2) is 13.6. The zero-order chi connectivity index (χ0) is 32.2. The minimum absolute atomic E-state index is 0.223. The summed E-state index contributed by atoms with van der Waals surface area (Å²) in [7, 11) is 0. The van der Waals surface area contributed by atoms with Crippen molar-refractivity contribution in [2.45, 2.75) is 67.2 Å². The van der Waals surface area contributed by atoms with Gasteiger partial charge in [-0.05, 0) is 96.1 Å². The smallest absolute Gasteiger partial charge is 0.311 e. The first kappa shape index (κ1) is 32.5. The fraction of sp³-hybridized carbons (Fsp3) is 0.514. The average Bonchev–Trinajstić information content (AvgIpc) is 3.65. The summed E-state index contributed by atoms with van der Waals surface area (Å²) < 4.78 is 33.6. The fourth-order valence-electron chi connectivity index (χ4n) is 6.32. The highest BCUT2D eigenvalue weighted by atomic mass is 19.1. The number of nitrogens with zero attached hydrogens (tertiary/aromatic N) is 3. The number of esters is 1. The number of rotatable bonds is 14. The molecule has 10 heteroatoms. The van der Waals surface area contributed by atoms with Gasteiger partial charge >= 0.3 is 5.97 Å². The van der Waals surface area contributed by atoms with Crippen LogP contribution in [0.2, 0.25) is 0 Å². The van der Waals surface area contributed by atoms with Crippen molar-refractivity contribution in [2.24, 2.45) is 10.8 Å². The highest BCUT2D eigenvalue weighted by molar-refractivity contribution is 5.94. The summed E-state index contributed by atoms with van der Waals surface area (Å²) in [5, 5.41) is 4.37. The molecule has 1 aliphatic rings. The topological polar surface area (TPSA) is 102 Å². The van der Waals surface area contributed by atoms with Crippen LogP contribution in [0.15, 0.2) is 36.7 Å². The van der Waals surface area contributed by atoms with Gasteiger partial charge in [0, 0.05) is 34.6 Å². The lowest BCUT2D eigenvalue weighted by Gasteiger charge is -2.33. The highest BCUT2D eigenvalue weighted by Gasteiger charge is 2.36. The SMILES string of the molecule is CCOC(=O)C(C)(C)CC(C)(C)COc1cc2c(Nc3ccc4[nH]c(C)cc4c3F)ncnc2cc1OCCCN1CCCC1. The van der Waals surface area contributed by atoms with E-state index in [1.54, 1.807) is 12.1 Å². The summed E-state index contributed by atoms with van der Waals surface area (Å²) in [5.74, 6) is 1.01. The van der Waals surface area contributed by atoms with E-state index in [1.807, 2.05) is 45.9 Å². The van der Waals surface area contributed by atoms with Crippen LogP contribution in [0, 0.1) is 23.6 Å². The number of hydrogen-bond acceptors (Lipinski definition) is 8. The fourth-order valence-corrected chi connectivity index (χ4v) is 6.32. The maximum atomic E-state index is 15.5. The lowest BCUT2D eigenvalue weighted by Crippen LogP contribution is -2.35. The van der Waals surface area contributed by atoms with Crippen LogP contribution in [0.25, 0.3) is 21.8 Å². The number of benzene rings is 2. The number of anilines is 2. The van der Waals surface area contributed by atoms with Crippen LogP contribution in [-0.4, -0.2) is 65.3 Å². The minimum atomic E-state index is -0.671. The third-order valence-corrected chi connectivity index (χ3v) is 8.27. The van der Waals surface area contributed by atoms with Crippen molar-refractivity contribution in [3.8, 4) is 11.5 Å². The zero-order valence-electron chi connectivity index (χ0n) is 27.4. The number of likely N-dealkylation sites (tertiary alicyclic amines) is 1. The third-order valence-electron chi connectivity index (χ3n) is 8.27. The Morgan fingerprint density at radius 1 is 1.04 bits per heavy atom. The van der Waals surface area contributed by atoms with E-state index in [1.165, 1.54) is 19.2 Å². The van der Waals surface area contributed by atoms with Gasteiger partial charge in [-0.3, -0.25) is 4.79 Å². The second-order valence-electron chi connectivity index (χ2n) is 13.5. The molecule has 1 saturated heterocycles. The van der Waals surface area contributed by atoms with Gasteiger partial charge < -0.3 is 29.4 Å². The molecular formula is C35H46FN5O4. The predicted octanol–water partition coefficient (Wildman–Crippen LogP) is 7.55. The number of aryl methyl sites for hydroxylation is 1. The summed E-state index contributed by atoms with van der Waals surface area (Å²) in [4.78, 5) is 27.2. The molecule has 2 N–H and O–H groups in total. The van der Waals surface area contributed by atoms with Gasteiger partial charge in [0.1, 0.15) is 12.1 Å². The molecule has 5 rings (SSSR count). The number of aromatic amines is 1. The lowest BCUT2D eigenvalue weighted by atomic mass is 9.75. The highest BCUT2D eigenvalue weighted by Crippen LogP contribution is 2.39. The van der Waals surface area contributed by atoms with Crippen LogP contribution in [0.3, 0.4) is 0 Å². The van der Waals surface area contributed by atoms with E-state index in [-0.39, 0.29) is 17.2 Å². The molecule has 45 heavy (non-hydrogen) atoms. The Bertz CT molecular complexity index is 1640. The molecule has 3 heterocycles. The molecule has 4 aromatic rings. The molecule has 242 valence electrons. The van der Waals surface area contributed by atoms with Crippen molar-refractivity contribution in [1.29, 1.82) is 0 Å². The van der Waals surface area contributed by atoms with Gasteiger partial charge in [-0.2, -0.15) is 0 Å². The lowest BCUT2D eigenvalue weighted by molar-refractivity contribution is -0.155. The van der Waals surface area contributed by atoms with Crippen molar-refractivity contribution >= 4 is 39.3 Å². The van der Waals surface area contributed by atoms with Crippen LogP contribution >= 0.6 is 0 Å². The van der Waals surface area contributed by atoms with Gasteiger partial charge in [0.2, 0.25) is 0 Å². The molecule has 0 unspecified atom stereocenters. The van der Waals surface area contributed by atoms with Crippen molar-refractivity contribution in [2.75, 3.05) is 44.8 Å². The monoisotopic (exact) mass is 619 g/mol. The largest absolute Gasteiger partial charge is 0.490 e. The molecule has 0 atom stereocenters. The van der Waals surface area contributed by atoms with Gasteiger partial charge in [-0.1, -0.05) is 13.8 Å². The molecule has 2 aromatic carbocycles. The van der Waals surface area contributed by atoms with Crippen LogP contribution in [0.5, 0.6) is 11.5 Å². The van der Waals surface area contributed by atoms with Crippen molar-refractivity contribution < 1.29 is 23.4 Å². The minimum Gasteiger partial charge on any atom is -0.490 e. The van der Waals surface area contributed by atoms with E-state index in [2.05, 4.69) is 39.0 Å². The maximum Gasteiger partial charge on any atom is 0.311 e. The Morgan fingerprint density at radius 3 is 2.56 bits per heavy atom. The molecular weight excluding hydrogens is 573 g/mol. The summed E-state index contributed by atoms with van der Waals surface area (Å²) in [6.07, 6.45) is 5.43. The normalized spacial score (nSPS) is 14.3. The number of hydrogen-bond donors (Lipinski definition) is 2. The number of carbonyl (C=O) groups excluding carboxylic acids is 1. The van der Waals surface area contributed by atoms with Crippen LogP contribution in [-0.2, 0) is 9.53 Å². The first-order valence-corrected chi connectivity index (χ1v) is 15.9. The standard InChI is InChI=1S/C35H46FN5O4/c1-7-43-33(42)35(5,6)20-34(3,4)21-45-29-18-25-28(19-30(29)44-16-10-15-41-13-8-9-14-41)37-22-38-32(25)40-27-12-11-26-24(31(27)36)17-23(2)39-26/h11-12,17-19,22,39H,7-10,13-16,20-21H2,1-6H3,(H,37,38,40). The van der Waals surface area contributed by atoms with E-state index in [0.29, 0.717) is 65.5 Å². The van der Waals surface area contributed by atoms with Crippen LogP contribution in [0.1, 0.15) is 66.0 Å². The number of halogens is 1. The van der Waals surface area contributed by atoms with E-state index in [4.69, 9.17) is 14.2 Å². The van der Waals surface area contributed by atoms with Crippen LogP contribution < -0.4 is 14.8 Å². The summed E-state index contributed by atoms with van der Waals surface area (Å²) in [6.45, 7) is 16.2. The first-order chi connectivity index (χ1) is 21.5. The number of carbonyl (C=O) groups is 1. The molecule has 1 aliphatic heterocycles. The molecule has 0 saturated carbocycles. The van der Waals surface area contributed by atoms with Gasteiger partial charge in [-0.15, -0.1) is 0 Å². The molecule has 0 radical (unpaired) electrons.